The lowest BCUT2D eigenvalue weighted by molar-refractivity contribution is 0.0695. The van der Waals surface area contributed by atoms with Gasteiger partial charge in [-0.3, -0.25) is 4.79 Å². The van der Waals surface area contributed by atoms with Gasteiger partial charge in [0.1, 0.15) is 0 Å². The number of pyridine rings is 1. The second-order valence-corrected chi connectivity index (χ2v) is 5.52. The van der Waals surface area contributed by atoms with Crippen molar-refractivity contribution in [2.24, 2.45) is 5.92 Å². The molecular formula is C16H19NO3. The molecule has 1 N–H and O–H groups in total. The van der Waals surface area contributed by atoms with Crippen LogP contribution in [-0.2, 0) is 6.54 Å². The molecule has 20 heavy (non-hydrogen) atoms. The molecule has 2 rings (SSSR count). The van der Waals surface area contributed by atoms with Crippen LogP contribution in [-0.4, -0.2) is 15.6 Å². The standard InChI is InChI=1S/C16H19NO3/c1-10(2)6-7-17-9-12-4-5-13(18)8-14(12)15(11(17)3)16(19)20/h4-5,8-10H,6-7H2,1-3H3,(H,19,20). The molecule has 2 aliphatic rings. The third-order valence-corrected chi connectivity index (χ3v) is 3.54. The third kappa shape index (κ3) is 2.74. The lowest BCUT2D eigenvalue weighted by Crippen LogP contribution is -2.15. The summed E-state index contributed by atoms with van der Waals surface area (Å²) in [5, 5.41) is 9.44. The maximum Gasteiger partial charge on any atom is 0.338 e. The highest BCUT2D eigenvalue weighted by atomic mass is 16.4. The van der Waals surface area contributed by atoms with E-state index in [2.05, 4.69) is 13.8 Å². The average molecular weight is 273 g/mol. The number of fused-ring (bicyclic) bond motifs is 1. The SMILES string of the molecule is Cc1c(C(=O)O)c2cc(=O)ccc-2cn1CCC(C)C. The Hall–Kier alpha value is -2.10. The van der Waals surface area contributed by atoms with Crippen LogP contribution < -0.4 is 5.43 Å². The van der Waals surface area contributed by atoms with Crippen LogP contribution in [0.15, 0.2) is 29.2 Å². The first-order valence-corrected chi connectivity index (χ1v) is 6.77. The van der Waals surface area contributed by atoms with Crippen molar-refractivity contribution in [2.75, 3.05) is 0 Å². The second-order valence-electron chi connectivity index (χ2n) is 5.52. The molecule has 0 aromatic carbocycles. The number of benzene rings is 1. The molecule has 0 saturated carbocycles. The quantitative estimate of drug-likeness (QED) is 0.931. The Kier molecular flexibility index (Phi) is 3.93. The normalized spacial score (nSPS) is 11.2. The molecule has 0 amide bonds. The molecule has 4 nitrogen and oxygen atoms in total. The molecule has 1 aliphatic carbocycles. The van der Waals surface area contributed by atoms with Crippen molar-refractivity contribution in [3.05, 3.63) is 45.9 Å². The van der Waals surface area contributed by atoms with Crippen molar-refractivity contribution in [1.29, 1.82) is 0 Å². The number of aromatic carboxylic acids is 1. The zero-order chi connectivity index (χ0) is 14.9. The van der Waals surface area contributed by atoms with Crippen molar-refractivity contribution < 1.29 is 9.90 Å². The van der Waals surface area contributed by atoms with Gasteiger partial charge in [0.15, 0.2) is 5.43 Å². The molecule has 1 heterocycles. The van der Waals surface area contributed by atoms with Gasteiger partial charge >= 0.3 is 5.97 Å². The van der Waals surface area contributed by atoms with E-state index in [1.807, 2.05) is 10.8 Å². The maximum absolute atomic E-state index is 11.5. The van der Waals surface area contributed by atoms with Crippen LogP contribution in [0.3, 0.4) is 0 Å². The van der Waals surface area contributed by atoms with E-state index in [0.29, 0.717) is 17.2 Å². The molecule has 0 saturated heterocycles. The van der Waals surface area contributed by atoms with Gasteiger partial charge in [0.25, 0.3) is 0 Å². The Morgan fingerprint density at radius 3 is 2.65 bits per heavy atom. The zero-order valence-corrected chi connectivity index (χ0v) is 12.0. The van der Waals surface area contributed by atoms with Crippen LogP contribution in [0.4, 0.5) is 0 Å². The molecule has 0 aromatic heterocycles. The van der Waals surface area contributed by atoms with Crippen LogP contribution in [0.5, 0.6) is 0 Å². The van der Waals surface area contributed by atoms with E-state index in [-0.39, 0.29) is 11.0 Å². The van der Waals surface area contributed by atoms with Gasteiger partial charge in [-0.25, -0.2) is 4.79 Å². The number of carboxylic acids is 1. The van der Waals surface area contributed by atoms with Gasteiger partial charge < -0.3 is 9.67 Å². The molecule has 4 heteroatoms. The van der Waals surface area contributed by atoms with E-state index < -0.39 is 5.97 Å². The van der Waals surface area contributed by atoms with Gasteiger partial charge in [-0.05, 0) is 43.0 Å². The van der Waals surface area contributed by atoms with E-state index in [4.69, 9.17) is 0 Å². The summed E-state index contributed by atoms with van der Waals surface area (Å²) in [7, 11) is 0. The third-order valence-electron chi connectivity index (χ3n) is 3.54. The minimum absolute atomic E-state index is 0.167. The number of carbonyl (C=O) groups is 1. The summed E-state index contributed by atoms with van der Waals surface area (Å²) in [5.74, 6) is -0.438. The van der Waals surface area contributed by atoms with Crippen LogP contribution in [0.25, 0.3) is 11.1 Å². The number of rotatable bonds is 4. The highest BCUT2D eigenvalue weighted by Gasteiger charge is 2.19. The van der Waals surface area contributed by atoms with Gasteiger partial charge in [-0.15, -0.1) is 0 Å². The summed E-state index contributed by atoms with van der Waals surface area (Å²) in [5.41, 5.74) is 2.05. The van der Waals surface area contributed by atoms with Crippen molar-refractivity contribution in [3.8, 4) is 11.1 Å². The monoisotopic (exact) mass is 273 g/mol. The van der Waals surface area contributed by atoms with Crippen molar-refractivity contribution in [2.45, 2.75) is 33.7 Å². The number of carboxylic acid groups (broad SMARTS) is 1. The van der Waals surface area contributed by atoms with E-state index in [1.54, 1.807) is 13.0 Å². The summed E-state index contributed by atoms with van der Waals surface area (Å²) >= 11 is 0. The van der Waals surface area contributed by atoms with Crippen LogP contribution >= 0.6 is 0 Å². The minimum Gasteiger partial charge on any atom is -0.478 e. The topological polar surface area (TPSA) is 59.3 Å². The molecule has 106 valence electrons. The minimum atomic E-state index is -0.989. The number of aromatic nitrogens is 1. The van der Waals surface area contributed by atoms with Crippen molar-refractivity contribution >= 4 is 5.97 Å². The van der Waals surface area contributed by atoms with Gasteiger partial charge in [0.05, 0.1) is 5.56 Å². The Labute approximate surface area is 118 Å². The predicted octanol–water partition coefficient (Wildman–Crippen LogP) is 3.01. The molecule has 0 fully saturated rings. The van der Waals surface area contributed by atoms with Gasteiger partial charge in [0, 0.05) is 24.0 Å². The fourth-order valence-corrected chi connectivity index (χ4v) is 2.37. The van der Waals surface area contributed by atoms with Gasteiger partial charge in [-0.1, -0.05) is 13.8 Å². The Morgan fingerprint density at radius 1 is 1.35 bits per heavy atom. The summed E-state index contributed by atoms with van der Waals surface area (Å²) in [6.07, 6.45) is 2.91. The van der Waals surface area contributed by atoms with E-state index in [9.17, 15) is 14.7 Å². The molecule has 0 radical (unpaired) electrons. The number of nitrogens with zero attached hydrogens (tertiary/aromatic N) is 1. The number of hydrogen-bond acceptors (Lipinski definition) is 2. The van der Waals surface area contributed by atoms with Crippen molar-refractivity contribution in [3.63, 3.8) is 0 Å². The molecule has 0 bridgehead atoms. The molecular weight excluding hydrogens is 254 g/mol. The zero-order valence-electron chi connectivity index (χ0n) is 12.0. The largest absolute Gasteiger partial charge is 0.478 e. The molecule has 1 aliphatic heterocycles. The van der Waals surface area contributed by atoms with E-state index >= 15 is 0 Å². The fourth-order valence-electron chi connectivity index (χ4n) is 2.37. The van der Waals surface area contributed by atoms with Crippen LogP contribution in [0, 0.1) is 12.8 Å². The molecule has 0 atom stereocenters. The summed E-state index contributed by atoms with van der Waals surface area (Å²) in [6.45, 7) is 6.84. The average Bonchev–Trinajstić information content (AvgIpc) is 2.35. The van der Waals surface area contributed by atoms with Crippen LogP contribution in [0.1, 0.15) is 36.3 Å². The molecule has 0 spiro atoms. The highest BCUT2D eigenvalue weighted by Crippen LogP contribution is 2.27. The number of aryl methyl sites for hydroxylation is 1. The van der Waals surface area contributed by atoms with E-state index in [0.717, 1.165) is 18.5 Å². The Morgan fingerprint density at radius 2 is 2.05 bits per heavy atom. The second kappa shape index (κ2) is 5.49. The summed E-state index contributed by atoms with van der Waals surface area (Å²) < 4.78 is 1.97. The molecule has 0 aromatic rings. The van der Waals surface area contributed by atoms with E-state index in [1.165, 1.54) is 12.1 Å². The lowest BCUT2D eigenvalue weighted by Gasteiger charge is -2.19. The Bertz CT molecular complexity index is 670. The lowest BCUT2D eigenvalue weighted by atomic mass is 9.97. The highest BCUT2D eigenvalue weighted by molar-refractivity contribution is 5.97. The predicted molar refractivity (Wildman–Crippen MR) is 78.5 cm³/mol. The van der Waals surface area contributed by atoms with Crippen LogP contribution in [0.2, 0.25) is 0 Å². The maximum atomic E-state index is 11.5. The summed E-state index contributed by atoms with van der Waals surface area (Å²) in [4.78, 5) is 23.0. The first-order chi connectivity index (χ1) is 9.40. The van der Waals surface area contributed by atoms with Gasteiger partial charge in [-0.2, -0.15) is 0 Å². The first kappa shape index (κ1) is 14.3. The Balaban J connectivity index is 2.64. The van der Waals surface area contributed by atoms with Crippen molar-refractivity contribution in [1.82, 2.24) is 4.57 Å². The first-order valence-electron chi connectivity index (χ1n) is 6.77. The summed E-state index contributed by atoms with van der Waals surface area (Å²) in [6, 6.07) is 4.56. The fraction of sp³-hybridized carbons (Fsp3) is 0.375. The van der Waals surface area contributed by atoms with Gasteiger partial charge in [0.2, 0.25) is 0 Å². The smallest absolute Gasteiger partial charge is 0.338 e. The number of hydrogen-bond donors (Lipinski definition) is 1. The molecule has 0 unspecified atom stereocenters.